The molecule has 5 nitrogen and oxygen atoms in total. The second-order valence-electron chi connectivity index (χ2n) is 4.19. The highest BCUT2D eigenvalue weighted by molar-refractivity contribution is 7.98. The van der Waals surface area contributed by atoms with E-state index in [2.05, 4.69) is 10.3 Å². The van der Waals surface area contributed by atoms with Crippen LogP contribution in [0.4, 0.5) is 5.69 Å². The molecule has 0 fully saturated rings. The lowest BCUT2D eigenvalue weighted by Gasteiger charge is -2.07. The van der Waals surface area contributed by atoms with E-state index < -0.39 is 18.5 Å². The Morgan fingerprint density at radius 1 is 1.27 bits per heavy atom. The average molecular weight is 337 g/mol. The van der Waals surface area contributed by atoms with Crippen LogP contribution in [-0.4, -0.2) is 29.7 Å². The number of anilines is 1. The Morgan fingerprint density at radius 2 is 2.00 bits per heavy atom. The number of thioether (sulfide) groups is 1. The topological polar surface area (TPSA) is 68.3 Å². The van der Waals surface area contributed by atoms with Crippen LogP contribution in [-0.2, 0) is 9.53 Å². The molecule has 114 valence electrons. The fourth-order valence-corrected chi connectivity index (χ4v) is 2.18. The maximum absolute atomic E-state index is 11.8. The Labute approximate surface area is 137 Å². The molecular formula is C15H13ClN2O3S. The monoisotopic (exact) mass is 336 g/mol. The van der Waals surface area contributed by atoms with E-state index >= 15 is 0 Å². The lowest BCUT2D eigenvalue weighted by atomic mass is 10.2. The van der Waals surface area contributed by atoms with E-state index in [0.717, 1.165) is 4.90 Å². The van der Waals surface area contributed by atoms with Gasteiger partial charge in [-0.1, -0.05) is 11.6 Å². The first-order valence-electron chi connectivity index (χ1n) is 6.31. The Balaban J connectivity index is 1.87. The van der Waals surface area contributed by atoms with Gasteiger partial charge in [0.05, 0.1) is 11.3 Å². The van der Waals surface area contributed by atoms with Crippen molar-refractivity contribution >= 4 is 40.9 Å². The quantitative estimate of drug-likeness (QED) is 0.515. The summed E-state index contributed by atoms with van der Waals surface area (Å²) in [4.78, 5) is 28.4. The van der Waals surface area contributed by atoms with Gasteiger partial charge in [0.1, 0.15) is 0 Å². The standard InChI is InChI=1S/C15H13ClN2O3S/c1-22-11-6-4-10(5-7-11)15(20)21-9-13(19)18-12-3-2-8-17-14(12)16/h2-8H,9H2,1H3,(H,18,19). The van der Waals surface area contributed by atoms with Gasteiger partial charge in [0, 0.05) is 11.1 Å². The van der Waals surface area contributed by atoms with Crippen molar-refractivity contribution in [3.8, 4) is 0 Å². The highest BCUT2D eigenvalue weighted by Crippen LogP contribution is 2.17. The van der Waals surface area contributed by atoms with E-state index in [0.29, 0.717) is 11.3 Å². The second-order valence-corrected chi connectivity index (χ2v) is 5.43. The summed E-state index contributed by atoms with van der Waals surface area (Å²) >= 11 is 7.40. The normalized spacial score (nSPS) is 10.1. The number of hydrogen-bond acceptors (Lipinski definition) is 5. The van der Waals surface area contributed by atoms with Gasteiger partial charge in [-0.3, -0.25) is 4.79 Å². The van der Waals surface area contributed by atoms with Crippen molar-refractivity contribution in [3.05, 3.63) is 53.3 Å². The molecular weight excluding hydrogens is 324 g/mol. The van der Waals surface area contributed by atoms with Crippen LogP contribution >= 0.6 is 23.4 Å². The fourth-order valence-electron chi connectivity index (χ4n) is 1.61. The number of esters is 1. The molecule has 0 radical (unpaired) electrons. The van der Waals surface area contributed by atoms with Crippen LogP contribution in [0.5, 0.6) is 0 Å². The summed E-state index contributed by atoms with van der Waals surface area (Å²) in [5.74, 6) is -1.04. The molecule has 0 bridgehead atoms. The van der Waals surface area contributed by atoms with E-state index in [1.165, 1.54) is 6.20 Å². The van der Waals surface area contributed by atoms with Crippen molar-refractivity contribution in [3.63, 3.8) is 0 Å². The summed E-state index contributed by atoms with van der Waals surface area (Å²) in [6.07, 6.45) is 3.46. The van der Waals surface area contributed by atoms with Crippen LogP contribution in [0.3, 0.4) is 0 Å². The molecule has 2 aromatic rings. The maximum Gasteiger partial charge on any atom is 0.338 e. The van der Waals surface area contributed by atoms with Crippen LogP contribution in [0, 0.1) is 0 Å². The van der Waals surface area contributed by atoms with Gasteiger partial charge in [-0.25, -0.2) is 9.78 Å². The van der Waals surface area contributed by atoms with Crippen LogP contribution in [0.1, 0.15) is 10.4 Å². The number of nitrogens with zero attached hydrogens (tertiary/aromatic N) is 1. The first kappa shape index (κ1) is 16.3. The molecule has 0 spiro atoms. The Bertz CT molecular complexity index is 677. The summed E-state index contributed by atoms with van der Waals surface area (Å²) in [5.41, 5.74) is 0.763. The zero-order chi connectivity index (χ0) is 15.9. The molecule has 1 heterocycles. The van der Waals surface area contributed by atoms with Crippen molar-refractivity contribution < 1.29 is 14.3 Å². The molecule has 2 rings (SSSR count). The number of benzene rings is 1. The van der Waals surface area contributed by atoms with Crippen molar-refractivity contribution in [2.24, 2.45) is 0 Å². The number of ether oxygens (including phenoxy) is 1. The van der Waals surface area contributed by atoms with E-state index in [-0.39, 0.29) is 5.15 Å². The number of halogens is 1. The third-order valence-electron chi connectivity index (χ3n) is 2.69. The molecule has 1 aromatic heterocycles. The number of nitrogens with one attached hydrogen (secondary N) is 1. The molecule has 22 heavy (non-hydrogen) atoms. The number of rotatable bonds is 5. The minimum absolute atomic E-state index is 0.176. The molecule has 1 aromatic carbocycles. The molecule has 0 aliphatic heterocycles. The van der Waals surface area contributed by atoms with Gasteiger partial charge in [-0.2, -0.15) is 0 Å². The van der Waals surface area contributed by atoms with E-state index in [4.69, 9.17) is 16.3 Å². The lowest BCUT2D eigenvalue weighted by Crippen LogP contribution is -2.21. The summed E-state index contributed by atoms with van der Waals surface area (Å²) in [7, 11) is 0. The number of carbonyl (C=O) groups excluding carboxylic acids is 2. The van der Waals surface area contributed by atoms with Crippen molar-refractivity contribution in [2.75, 3.05) is 18.2 Å². The Kier molecular flexibility index (Phi) is 5.80. The van der Waals surface area contributed by atoms with Gasteiger partial charge >= 0.3 is 5.97 Å². The van der Waals surface area contributed by atoms with Gasteiger partial charge in [0.25, 0.3) is 5.91 Å². The van der Waals surface area contributed by atoms with Crippen LogP contribution in [0.15, 0.2) is 47.5 Å². The van der Waals surface area contributed by atoms with Crippen molar-refractivity contribution in [2.45, 2.75) is 4.90 Å². The van der Waals surface area contributed by atoms with E-state index in [1.807, 2.05) is 18.4 Å². The molecule has 7 heteroatoms. The number of carbonyl (C=O) groups is 2. The van der Waals surface area contributed by atoms with Crippen LogP contribution in [0.25, 0.3) is 0 Å². The first-order chi connectivity index (χ1) is 10.6. The Hall–Kier alpha value is -2.05. The lowest BCUT2D eigenvalue weighted by molar-refractivity contribution is -0.119. The molecule has 1 amide bonds. The third kappa shape index (κ3) is 4.47. The van der Waals surface area contributed by atoms with Crippen LogP contribution < -0.4 is 5.32 Å². The molecule has 0 saturated heterocycles. The number of amides is 1. The van der Waals surface area contributed by atoms with Gasteiger partial charge in [0.2, 0.25) is 0 Å². The maximum atomic E-state index is 11.8. The SMILES string of the molecule is CSc1ccc(C(=O)OCC(=O)Nc2cccnc2Cl)cc1. The summed E-state index contributed by atoms with van der Waals surface area (Å²) in [6, 6.07) is 10.2. The molecule has 0 aliphatic carbocycles. The Morgan fingerprint density at radius 3 is 2.64 bits per heavy atom. The van der Waals surface area contributed by atoms with Gasteiger partial charge in [0.15, 0.2) is 11.8 Å². The second kappa shape index (κ2) is 7.82. The minimum Gasteiger partial charge on any atom is -0.452 e. The first-order valence-corrected chi connectivity index (χ1v) is 7.92. The van der Waals surface area contributed by atoms with E-state index in [1.54, 1.807) is 36.0 Å². The summed E-state index contributed by atoms with van der Waals surface area (Å²) in [6.45, 7) is -0.395. The molecule has 0 unspecified atom stereocenters. The number of aromatic nitrogens is 1. The van der Waals surface area contributed by atoms with Crippen molar-refractivity contribution in [1.29, 1.82) is 0 Å². The number of pyridine rings is 1. The third-order valence-corrected chi connectivity index (χ3v) is 3.74. The fraction of sp³-hybridized carbons (Fsp3) is 0.133. The van der Waals surface area contributed by atoms with Gasteiger partial charge in [-0.15, -0.1) is 11.8 Å². The summed E-state index contributed by atoms with van der Waals surface area (Å²) < 4.78 is 4.95. The number of hydrogen-bond donors (Lipinski definition) is 1. The molecule has 0 atom stereocenters. The average Bonchev–Trinajstić information content (AvgIpc) is 2.55. The van der Waals surface area contributed by atoms with Crippen LogP contribution in [0.2, 0.25) is 5.15 Å². The highest BCUT2D eigenvalue weighted by atomic mass is 35.5. The molecule has 1 N–H and O–H groups in total. The predicted octanol–water partition coefficient (Wildman–Crippen LogP) is 3.25. The van der Waals surface area contributed by atoms with Gasteiger partial charge < -0.3 is 10.1 Å². The highest BCUT2D eigenvalue weighted by Gasteiger charge is 2.11. The zero-order valence-electron chi connectivity index (χ0n) is 11.7. The molecule has 0 aliphatic rings. The largest absolute Gasteiger partial charge is 0.452 e. The minimum atomic E-state index is -0.555. The smallest absolute Gasteiger partial charge is 0.338 e. The predicted molar refractivity (Wildman–Crippen MR) is 86.4 cm³/mol. The summed E-state index contributed by atoms with van der Waals surface area (Å²) in [5, 5.41) is 2.70. The van der Waals surface area contributed by atoms with Gasteiger partial charge in [-0.05, 0) is 42.7 Å². The van der Waals surface area contributed by atoms with E-state index in [9.17, 15) is 9.59 Å². The molecule has 0 saturated carbocycles. The zero-order valence-corrected chi connectivity index (χ0v) is 13.3. The van der Waals surface area contributed by atoms with Crippen molar-refractivity contribution in [1.82, 2.24) is 4.98 Å².